The van der Waals surface area contributed by atoms with Crippen molar-refractivity contribution >= 4 is 11.8 Å². The van der Waals surface area contributed by atoms with E-state index in [1.165, 1.54) is 0 Å². The highest BCUT2D eigenvalue weighted by atomic mass is 16.5. The number of aromatic nitrogens is 1. The Balaban J connectivity index is 2.99. The molecule has 0 saturated carbocycles. The van der Waals surface area contributed by atoms with Gasteiger partial charge in [-0.1, -0.05) is 5.16 Å². The first-order valence-electron chi connectivity index (χ1n) is 2.67. The van der Waals surface area contributed by atoms with Crippen molar-refractivity contribution in [2.24, 2.45) is 11.5 Å². The number of primary amides is 2. The third-order valence-corrected chi connectivity index (χ3v) is 1.01. The van der Waals surface area contributed by atoms with Gasteiger partial charge in [-0.3, -0.25) is 9.59 Å². The first-order valence-corrected chi connectivity index (χ1v) is 2.67. The normalized spacial score (nSPS) is 9.45. The summed E-state index contributed by atoms with van der Waals surface area (Å²) >= 11 is 0. The van der Waals surface area contributed by atoms with Gasteiger partial charge >= 0.3 is 0 Å². The van der Waals surface area contributed by atoms with Crippen molar-refractivity contribution in [3.63, 3.8) is 0 Å². The molecule has 0 aliphatic carbocycles. The zero-order valence-corrected chi connectivity index (χ0v) is 5.40. The van der Waals surface area contributed by atoms with Gasteiger partial charge in [0.15, 0.2) is 5.69 Å². The third kappa shape index (κ3) is 1.34. The van der Waals surface area contributed by atoms with E-state index in [0.29, 0.717) is 0 Å². The highest BCUT2D eigenvalue weighted by Gasteiger charge is 2.11. The third-order valence-electron chi connectivity index (χ3n) is 1.01. The maximum absolute atomic E-state index is 10.4. The quantitative estimate of drug-likeness (QED) is 0.562. The summed E-state index contributed by atoms with van der Waals surface area (Å²) in [5.41, 5.74) is 9.50. The molecule has 0 radical (unpaired) electrons. The molecule has 0 aliphatic heterocycles. The number of nitrogens with zero attached hydrogens (tertiary/aromatic N) is 1. The summed E-state index contributed by atoms with van der Waals surface area (Å²) < 4.78 is 4.36. The summed E-state index contributed by atoms with van der Waals surface area (Å²) in [5.74, 6) is -1.73. The Hall–Kier alpha value is -1.85. The van der Waals surface area contributed by atoms with E-state index in [0.717, 1.165) is 6.07 Å². The molecule has 1 rings (SSSR count). The minimum atomic E-state index is -0.787. The maximum atomic E-state index is 10.4. The van der Waals surface area contributed by atoms with Gasteiger partial charge in [-0.25, -0.2) is 0 Å². The van der Waals surface area contributed by atoms with E-state index < -0.39 is 11.8 Å². The predicted molar refractivity (Wildman–Crippen MR) is 33.5 cm³/mol. The average molecular weight is 155 g/mol. The van der Waals surface area contributed by atoms with Crippen molar-refractivity contribution in [3.05, 3.63) is 17.5 Å². The predicted octanol–water partition coefficient (Wildman–Crippen LogP) is -1.13. The van der Waals surface area contributed by atoms with Crippen LogP contribution in [0.1, 0.15) is 21.0 Å². The van der Waals surface area contributed by atoms with E-state index in [2.05, 4.69) is 9.68 Å². The lowest BCUT2D eigenvalue weighted by molar-refractivity contribution is 0.0957. The average Bonchev–Trinajstić information content (AvgIpc) is 2.33. The van der Waals surface area contributed by atoms with Gasteiger partial charge in [0, 0.05) is 6.07 Å². The Labute approximate surface area is 61.1 Å². The summed E-state index contributed by atoms with van der Waals surface area (Å²) in [6, 6.07) is 1.09. The summed E-state index contributed by atoms with van der Waals surface area (Å²) in [6.45, 7) is 0. The molecule has 6 nitrogen and oxygen atoms in total. The molecule has 0 atom stereocenters. The molecule has 0 spiro atoms. The topological polar surface area (TPSA) is 112 Å². The molecule has 0 aliphatic rings. The summed E-state index contributed by atoms with van der Waals surface area (Å²) in [6.07, 6.45) is 0. The van der Waals surface area contributed by atoms with Crippen LogP contribution in [0.5, 0.6) is 0 Å². The fourth-order valence-corrected chi connectivity index (χ4v) is 0.507. The van der Waals surface area contributed by atoms with Crippen LogP contribution in [0, 0.1) is 0 Å². The lowest BCUT2D eigenvalue weighted by atomic mass is 10.3. The van der Waals surface area contributed by atoms with Crippen molar-refractivity contribution in [3.8, 4) is 0 Å². The van der Waals surface area contributed by atoms with Crippen molar-refractivity contribution < 1.29 is 14.1 Å². The minimum absolute atomic E-state index is 0.112. The molecule has 0 unspecified atom stereocenters. The second kappa shape index (κ2) is 2.41. The van der Waals surface area contributed by atoms with Gasteiger partial charge in [0.1, 0.15) is 0 Å². The number of carbonyl (C=O) groups excluding carboxylic acids is 2. The molecule has 11 heavy (non-hydrogen) atoms. The number of hydrogen-bond acceptors (Lipinski definition) is 4. The molecular weight excluding hydrogens is 150 g/mol. The monoisotopic (exact) mass is 155 g/mol. The van der Waals surface area contributed by atoms with Crippen molar-refractivity contribution in [1.82, 2.24) is 5.16 Å². The lowest BCUT2D eigenvalue weighted by Gasteiger charge is -1.79. The van der Waals surface area contributed by atoms with Crippen LogP contribution in [0.2, 0.25) is 0 Å². The van der Waals surface area contributed by atoms with Crippen molar-refractivity contribution in [2.75, 3.05) is 0 Å². The molecule has 4 N–H and O–H groups in total. The fraction of sp³-hybridized carbons (Fsp3) is 0. The van der Waals surface area contributed by atoms with E-state index in [1.54, 1.807) is 0 Å². The Morgan fingerprint density at radius 2 is 2.00 bits per heavy atom. The van der Waals surface area contributed by atoms with Crippen LogP contribution in [0.3, 0.4) is 0 Å². The molecule has 58 valence electrons. The van der Waals surface area contributed by atoms with Crippen molar-refractivity contribution in [2.45, 2.75) is 0 Å². The van der Waals surface area contributed by atoms with Gasteiger partial charge in [0.05, 0.1) is 0 Å². The zero-order chi connectivity index (χ0) is 8.43. The summed E-state index contributed by atoms with van der Waals surface area (Å²) in [7, 11) is 0. The fourth-order valence-electron chi connectivity index (χ4n) is 0.507. The summed E-state index contributed by atoms with van der Waals surface area (Å²) in [5, 5.41) is 3.19. The van der Waals surface area contributed by atoms with E-state index in [-0.39, 0.29) is 11.5 Å². The van der Waals surface area contributed by atoms with E-state index in [9.17, 15) is 9.59 Å². The molecule has 1 heterocycles. The number of rotatable bonds is 2. The molecular formula is C5H5N3O3. The van der Waals surface area contributed by atoms with Crippen molar-refractivity contribution in [1.29, 1.82) is 0 Å². The molecule has 0 saturated heterocycles. The van der Waals surface area contributed by atoms with Crippen LogP contribution in [0.15, 0.2) is 10.6 Å². The number of amides is 2. The van der Waals surface area contributed by atoms with E-state index in [1.807, 2.05) is 0 Å². The van der Waals surface area contributed by atoms with Gasteiger partial charge < -0.3 is 16.0 Å². The van der Waals surface area contributed by atoms with Gasteiger partial charge in [0.2, 0.25) is 5.76 Å². The van der Waals surface area contributed by atoms with E-state index >= 15 is 0 Å². The second-order valence-corrected chi connectivity index (χ2v) is 1.80. The number of carbonyl (C=O) groups is 2. The first-order chi connectivity index (χ1) is 5.11. The Bertz CT molecular complexity index is 275. The SMILES string of the molecule is NC(=O)c1cc(C(N)=O)on1. The highest BCUT2D eigenvalue weighted by molar-refractivity contribution is 5.95. The Morgan fingerprint density at radius 1 is 1.36 bits per heavy atom. The van der Waals surface area contributed by atoms with Crippen LogP contribution in [0.4, 0.5) is 0 Å². The second-order valence-electron chi connectivity index (χ2n) is 1.80. The van der Waals surface area contributed by atoms with Crippen LogP contribution in [-0.4, -0.2) is 17.0 Å². The van der Waals surface area contributed by atoms with Gasteiger partial charge in [0.25, 0.3) is 11.8 Å². The molecule has 1 aromatic heterocycles. The van der Waals surface area contributed by atoms with Crippen LogP contribution in [-0.2, 0) is 0 Å². The molecule has 6 heteroatoms. The van der Waals surface area contributed by atoms with Crippen LogP contribution in [0.25, 0.3) is 0 Å². The van der Waals surface area contributed by atoms with E-state index in [4.69, 9.17) is 11.5 Å². The Kier molecular flexibility index (Phi) is 1.59. The molecule has 0 aromatic carbocycles. The van der Waals surface area contributed by atoms with Crippen LogP contribution < -0.4 is 11.5 Å². The minimum Gasteiger partial charge on any atom is -0.364 e. The van der Waals surface area contributed by atoms with Gasteiger partial charge in [-0.15, -0.1) is 0 Å². The first kappa shape index (κ1) is 7.26. The zero-order valence-electron chi connectivity index (χ0n) is 5.40. The molecule has 0 fully saturated rings. The van der Waals surface area contributed by atoms with Crippen LogP contribution >= 0.6 is 0 Å². The Morgan fingerprint density at radius 3 is 2.27 bits per heavy atom. The highest BCUT2D eigenvalue weighted by Crippen LogP contribution is 2.00. The molecule has 2 amide bonds. The number of nitrogens with two attached hydrogens (primary N) is 2. The standard InChI is InChI=1S/C5H5N3O3/c6-4(9)2-1-3(5(7)10)11-8-2/h1H,(H2,6,9)(H2,7,10). The van der Waals surface area contributed by atoms with Gasteiger partial charge in [-0.2, -0.15) is 0 Å². The largest absolute Gasteiger partial charge is 0.364 e. The lowest BCUT2D eigenvalue weighted by Crippen LogP contribution is -2.12. The molecule has 0 bridgehead atoms. The number of hydrogen-bond donors (Lipinski definition) is 2. The maximum Gasteiger partial charge on any atom is 0.287 e. The molecule has 1 aromatic rings. The van der Waals surface area contributed by atoms with Gasteiger partial charge in [-0.05, 0) is 0 Å². The summed E-state index contributed by atoms with van der Waals surface area (Å²) in [4.78, 5) is 20.8. The smallest absolute Gasteiger partial charge is 0.287 e.